The Balaban J connectivity index is 1.77. The Labute approximate surface area is 157 Å². The fourth-order valence-electron chi connectivity index (χ4n) is 3.12. The van der Waals surface area contributed by atoms with Gasteiger partial charge in [-0.25, -0.2) is 15.0 Å². The van der Waals surface area contributed by atoms with Crippen LogP contribution in [0.4, 0.5) is 5.82 Å². The highest BCUT2D eigenvalue weighted by Crippen LogP contribution is 2.32. The quantitative estimate of drug-likeness (QED) is 0.558. The smallest absolute Gasteiger partial charge is 0.167 e. The highest BCUT2D eigenvalue weighted by atomic mass is 16.6. The summed E-state index contributed by atoms with van der Waals surface area (Å²) in [6, 6.07) is 0. The molecular formula is C17H27N5O5. The molecule has 0 aromatic carbocycles. The second kappa shape index (κ2) is 8.89. The average Bonchev–Trinajstić information content (AvgIpc) is 3.21. The highest BCUT2D eigenvalue weighted by molar-refractivity contribution is 5.82. The van der Waals surface area contributed by atoms with Crippen molar-refractivity contribution in [2.75, 3.05) is 39.3 Å². The summed E-state index contributed by atoms with van der Waals surface area (Å²) in [5.74, 6) is 1.02. The van der Waals surface area contributed by atoms with Crippen molar-refractivity contribution in [1.82, 2.24) is 19.5 Å². The van der Waals surface area contributed by atoms with Crippen molar-refractivity contribution in [3.8, 4) is 0 Å². The van der Waals surface area contributed by atoms with E-state index in [9.17, 15) is 10.2 Å². The monoisotopic (exact) mass is 381 g/mol. The second-order valence-electron chi connectivity index (χ2n) is 6.82. The summed E-state index contributed by atoms with van der Waals surface area (Å²) in [7, 11) is 3.20. The van der Waals surface area contributed by atoms with E-state index in [4.69, 9.17) is 14.2 Å². The number of hydrogen-bond acceptors (Lipinski definition) is 9. The van der Waals surface area contributed by atoms with Gasteiger partial charge in [0.1, 0.15) is 24.6 Å². The fourth-order valence-corrected chi connectivity index (χ4v) is 3.12. The Morgan fingerprint density at radius 2 is 2.04 bits per heavy atom. The molecule has 5 atom stereocenters. The zero-order chi connectivity index (χ0) is 19.4. The first-order valence-corrected chi connectivity index (χ1v) is 8.97. The molecule has 3 unspecified atom stereocenters. The molecule has 0 amide bonds. The maximum Gasteiger partial charge on any atom is 0.167 e. The molecule has 0 aliphatic carbocycles. The standard InChI is InChI=1S/C17H27N5O5/c1-10(4-5-25-2)6-18-15-12-16(20-8-19-15)22(9-21-12)17-14(24)13(23)11(27-17)7-26-3/h8-11,13-14,17,23-24H,4-7H2,1-3H3,(H,18,19,20)/t10?,11-,13?,14?,17-/m1/s1. The van der Waals surface area contributed by atoms with Crippen molar-refractivity contribution in [1.29, 1.82) is 0 Å². The minimum Gasteiger partial charge on any atom is -0.387 e. The van der Waals surface area contributed by atoms with E-state index in [0.29, 0.717) is 29.5 Å². The zero-order valence-electron chi connectivity index (χ0n) is 15.8. The van der Waals surface area contributed by atoms with E-state index >= 15 is 0 Å². The Morgan fingerprint density at radius 1 is 1.22 bits per heavy atom. The predicted molar refractivity (Wildman–Crippen MR) is 97.3 cm³/mol. The molecule has 2 aromatic heterocycles. The largest absolute Gasteiger partial charge is 0.387 e. The number of rotatable bonds is 9. The fraction of sp³-hybridized carbons (Fsp3) is 0.706. The van der Waals surface area contributed by atoms with Crippen molar-refractivity contribution in [3.05, 3.63) is 12.7 Å². The molecule has 1 aliphatic rings. The number of aliphatic hydroxyl groups is 2. The Bertz CT molecular complexity index is 742. The van der Waals surface area contributed by atoms with Crippen LogP contribution in [0.5, 0.6) is 0 Å². The van der Waals surface area contributed by atoms with Crippen LogP contribution in [0.15, 0.2) is 12.7 Å². The van der Waals surface area contributed by atoms with E-state index in [1.807, 2.05) is 0 Å². The number of nitrogens with zero attached hydrogens (tertiary/aromatic N) is 4. The molecule has 27 heavy (non-hydrogen) atoms. The number of ether oxygens (including phenoxy) is 3. The van der Waals surface area contributed by atoms with Crippen LogP contribution in [0, 0.1) is 5.92 Å². The van der Waals surface area contributed by atoms with Crippen LogP contribution in [0.1, 0.15) is 19.6 Å². The van der Waals surface area contributed by atoms with E-state index in [0.717, 1.165) is 13.0 Å². The van der Waals surface area contributed by atoms with Crippen LogP contribution in [0.25, 0.3) is 11.2 Å². The number of methoxy groups -OCH3 is 2. The maximum absolute atomic E-state index is 10.4. The van der Waals surface area contributed by atoms with Crippen molar-refractivity contribution in [2.45, 2.75) is 37.9 Å². The molecule has 0 bridgehead atoms. The lowest BCUT2D eigenvalue weighted by molar-refractivity contribution is -0.0580. The van der Waals surface area contributed by atoms with Crippen molar-refractivity contribution in [2.24, 2.45) is 5.92 Å². The number of hydrogen-bond donors (Lipinski definition) is 3. The summed E-state index contributed by atoms with van der Waals surface area (Å²) >= 11 is 0. The van der Waals surface area contributed by atoms with Gasteiger partial charge in [-0.1, -0.05) is 6.92 Å². The van der Waals surface area contributed by atoms with Crippen LogP contribution in [0.3, 0.4) is 0 Å². The van der Waals surface area contributed by atoms with Crippen molar-refractivity contribution in [3.63, 3.8) is 0 Å². The summed E-state index contributed by atoms with van der Waals surface area (Å²) < 4.78 is 17.5. The summed E-state index contributed by atoms with van der Waals surface area (Å²) in [5, 5.41) is 23.8. The molecular weight excluding hydrogens is 354 g/mol. The van der Waals surface area contributed by atoms with Gasteiger partial charge in [0.2, 0.25) is 0 Å². The predicted octanol–water partition coefficient (Wildman–Crippen LogP) is 0.176. The van der Waals surface area contributed by atoms with E-state index < -0.39 is 24.5 Å². The third-order valence-corrected chi connectivity index (χ3v) is 4.73. The van der Waals surface area contributed by atoms with Gasteiger partial charge in [0.15, 0.2) is 23.2 Å². The molecule has 3 heterocycles. The average molecular weight is 381 g/mol. The highest BCUT2D eigenvalue weighted by Gasteiger charge is 2.44. The minimum atomic E-state index is -1.11. The Kier molecular flexibility index (Phi) is 6.55. The molecule has 10 heteroatoms. The minimum absolute atomic E-state index is 0.183. The topological polar surface area (TPSA) is 124 Å². The molecule has 0 spiro atoms. The molecule has 1 aliphatic heterocycles. The number of aromatic nitrogens is 4. The van der Waals surface area contributed by atoms with Gasteiger partial charge < -0.3 is 29.7 Å². The third-order valence-electron chi connectivity index (χ3n) is 4.73. The van der Waals surface area contributed by atoms with Crippen LogP contribution in [-0.2, 0) is 14.2 Å². The third kappa shape index (κ3) is 4.19. The van der Waals surface area contributed by atoms with Crippen LogP contribution in [-0.4, -0.2) is 82.0 Å². The van der Waals surface area contributed by atoms with E-state index in [1.54, 1.807) is 11.7 Å². The van der Waals surface area contributed by atoms with Gasteiger partial charge in [-0.3, -0.25) is 4.57 Å². The van der Waals surface area contributed by atoms with E-state index in [2.05, 4.69) is 27.2 Å². The van der Waals surface area contributed by atoms with Gasteiger partial charge in [0, 0.05) is 27.4 Å². The lowest BCUT2D eigenvalue weighted by Crippen LogP contribution is -2.33. The van der Waals surface area contributed by atoms with Gasteiger partial charge in [0.25, 0.3) is 0 Å². The molecule has 1 saturated heterocycles. The van der Waals surface area contributed by atoms with Gasteiger partial charge in [-0.15, -0.1) is 0 Å². The second-order valence-corrected chi connectivity index (χ2v) is 6.82. The maximum atomic E-state index is 10.4. The molecule has 3 N–H and O–H groups in total. The Morgan fingerprint density at radius 3 is 2.78 bits per heavy atom. The number of aliphatic hydroxyl groups excluding tert-OH is 2. The summed E-state index contributed by atoms with van der Waals surface area (Å²) in [5.41, 5.74) is 1.10. The Hall–Kier alpha value is -1.85. The zero-order valence-corrected chi connectivity index (χ0v) is 15.8. The number of anilines is 1. The van der Waals surface area contributed by atoms with Crippen molar-refractivity contribution >= 4 is 17.0 Å². The molecule has 3 rings (SSSR count). The molecule has 150 valence electrons. The SMILES string of the molecule is COCCC(C)CNc1ncnc2c1ncn2[C@@H]1O[C@H](COC)C(O)C1O. The summed E-state index contributed by atoms with van der Waals surface area (Å²) in [6.45, 7) is 3.74. The number of fused-ring (bicyclic) bond motifs is 1. The first kappa shape index (κ1) is 19.9. The van der Waals surface area contributed by atoms with Gasteiger partial charge in [-0.2, -0.15) is 0 Å². The first-order valence-electron chi connectivity index (χ1n) is 8.97. The molecule has 2 aromatic rings. The van der Waals surface area contributed by atoms with Crippen molar-refractivity contribution < 1.29 is 24.4 Å². The van der Waals surface area contributed by atoms with E-state index in [-0.39, 0.29) is 6.61 Å². The molecule has 0 saturated carbocycles. The van der Waals surface area contributed by atoms with Gasteiger partial charge in [-0.05, 0) is 12.3 Å². The van der Waals surface area contributed by atoms with E-state index in [1.165, 1.54) is 19.8 Å². The van der Waals surface area contributed by atoms with Gasteiger partial charge in [0.05, 0.1) is 12.9 Å². The first-order chi connectivity index (χ1) is 13.1. The lowest BCUT2D eigenvalue weighted by atomic mass is 10.1. The molecule has 0 radical (unpaired) electrons. The summed E-state index contributed by atoms with van der Waals surface area (Å²) in [6.07, 6.45) is 0.341. The molecule has 1 fully saturated rings. The van der Waals surface area contributed by atoms with Crippen LogP contribution >= 0.6 is 0 Å². The lowest BCUT2D eigenvalue weighted by Gasteiger charge is -2.16. The van der Waals surface area contributed by atoms with Crippen LogP contribution in [0.2, 0.25) is 0 Å². The number of nitrogens with one attached hydrogen (secondary N) is 1. The van der Waals surface area contributed by atoms with Crippen LogP contribution < -0.4 is 5.32 Å². The number of imidazole rings is 1. The van der Waals surface area contributed by atoms with Gasteiger partial charge >= 0.3 is 0 Å². The molecule has 10 nitrogen and oxygen atoms in total. The normalized spacial score (nSPS) is 26.6. The summed E-state index contributed by atoms with van der Waals surface area (Å²) in [4.78, 5) is 12.9.